The predicted molar refractivity (Wildman–Crippen MR) is 163 cm³/mol. The normalized spacial score (nSPS) is 13.8. The number of benzene rings is 3. The van der Waals surface area contributed by atoms with Crippen LogP contribution >= 0.6 is 23.4 Å². The van der Waals surface area contributed by atoms with Gasteiger partial charge in [-0.1, -0.05) is 59.3 Å². The number of para-hydroxylation sites is 1. The Bertz CT molecular complexity index is 1720. The fourth-order valence-corrected chi connectivity index (χ4v) is 6.28. The number of amides is 1. The van der Waals surface area contributed by atoms with Crippen LogP contribution in [0, 0.1) is 12.7 Å². The molecule has 5 aromatic rings. The number of piperazine rings is 1. The highest BCUT2D eigenvalue weighted by molar-refractivity contribution is 7.99. The molecular weight excluding hydrogens is 559 g/mol. The van der Waals surface area contributed by atoms with Gasteiger partial charge in [0.1, 0.15) is 11.3 Å². The van der Waals surface area contributed by atoms with Gasteiger partial charge in [-0.2, -0.15) is 0 Å². The zero-order chi connectivity index (χ0) is 28.3. The van der Waals surface area contributed by atoms with E-state index in [-0.39, 0.29) is 11.7 Å². The molecule has 1 saturated heterocycles. The van der Waals surface area contributed by atoms with Crippen molar-refractivity contribution in [3.05, 3.63) is 88.7 Å². The van der Waals surface area contributed by atoms with Gasteiger partial charge in [-0.25, -0.2) is 9.37 Å². The summed E-state index contributed by atoms with van der Waals surface area (Å²) in [4.78, 5) is 21.6. The predicted octanol–water partition coefficient (Wildman–Crippen LogP) is 6.35. The second kappa shape index (κ2) is 12.0. The lowest BCUT2D eigenvalue weighted by Crippen LogP contribution is -2.49. The molecule has 1 aliphatic heterocycles. The molecule has 7 nitrogen and oxygen atoms in total. The zero-order valence-electron chi connectivity index (χ0n) is 22.8. The minimum Gasteiger partial charge on any atom is -0.366 e. The van der Waals surface area contributed by atoms with Gasteiger partial charge in [0.15, 0.2) is 5.65 Å². The largest absolute Gasteiger partial charge is 0.366 e. The number of carbonyl (C=O) groups is 1. The van der Waals surface area contributed by atoms with Gasteiger partial charge in [0.2, 0.25) is 11.1 Å². The summed E-state index contributed by atoms with van der Waals surface area (Å²) in [5.74, 6) is 0.617. The van der Waals surface area contributed by atoms with Gasteiger partial charge in [-0.3, -0.25) is 4.79 Å². The average molecular weight is 589 g/mol. The zero-order valence-corrected chi connectivity index (χ0v) is 24.3. The van der Waals surface area contributed by atoms with Crippen molar-refractivity contribution >= 4 is 57.0 Å². The summed E-state index contributed by atoms with van der Waals surface area (Å²) in [5.41, 5.74) is 5.45. The van der Waals surface area contributed by atoms with Crippen LogP contribution in [0.1, 0.15) is 24.0 Å². The first kappa shape index (κ1) is 27.5. The lowest BCUT2D eigenvalue weighted by atomic mass is 10.1. The summed E-state index contributed by atoms with van der Waals surface area (Å²) < 4.78 is 16.3. The minimum absolute atomic E-state index is 0.130. The van der Waals surface area contributed by atoms with E-state index in [1.165, 1.54) is 17.8 Å². The highest BCUT2D eigenvalue weighted by Gasteiger charge is 2.22. The fourth-order valence-electron chi connectivity index (χ4n) is 5.34. The number of aromatic nitrogens is 4. The molecule has 3 aromatic carbocycles. The number of aryl methyl sites for hydroxylation is 1. The number of halogens is 2. The summed E-state index contributed by atoms with van der Waals surface area (Å²) in [6.45, 7) is 5.13. The highest BCUT2D eigenvalue weighted by atomic mass is 35.5. The molecule has 1 aliphatic rings. The van der Waals surface area contributed by atoms with Crippen LogP contribution in [-0.2, 0) is 11.3 Å². The minimum atomic E-state index is -0.223. The molecule has 6 rings (SSSR count). The lowest BCUT2D eigenvalue weighted by molar-refractivity contribution is -0.131. The van der Waals surface area contributed by atoms with Crippen LogP contribution in [-0.4, -0.2) is 62.5 Å². The van der Waals surface area contributed by atoms with Gasteiger partial charge in [-0.15, -0.1) is 10.2 Å². The van der Waals surface area contributed by atoms with Gasteiger partial charge >= 0.3 is 0 Å². The van der Waals surface area contributed by atoms with Crippen LogP contribution in [0.25, 0.3) is 22.1 Å². The standard InChI is InChI=1S/C31H30ClFN6OS/c1-21-11-12-26-24(18-21)29-30(39(26)20-22-6-4-7-23(32)19-22)34-31(36-35-29)41-17-5-10-28(40)38-15-13-37(14-16-38)27-9-3-2-8-25(27)33/h2-4,6-9,11-12,18-19H,5,10,13-17,20H2,1H3. The molecule has 2 aromatic heterocycles. The molecule has 0 radical (unpaired) electrons. The van der Waals surface area contributed by atoms with Crippen molar-refractivity contribution in [2.24, 2.45) is 0 Å². The average Bonchev–Trinajstić information content (AvgIpc) is 3.27. The van der Waals surface area contributed by atoms with Gasteiger partial charge in [0.25, 0.3) is 0 Å². The third kappa shape index (κ3) is 6.01. The van der Waals surface area contributed by atoms with E-state index in [0.717, 1.165) is 33.2 Å². The molecule has 0 aliphatic carbocycles. The molecule has 1 fully saturated rings. The van der Waals surface area contributed by atoms with Crippen molar-refractivity contribution in [2.45, 2.75) is 31.5 Å². The molecule has 0 N–H and O–H groups in total. The van der Waals surface area contributed by atoms with Crippen LogP contribution in [0.5, 0.6) is 0 Å². The third-order valence-electron chi connectivity index (χ3n) is 7.42. The molecule has 0 saturated carbocycles. The molecule has 10 heteroatoms. The van der Waals surface area contributed by atoms with Crippen molar-refractivity contribution < 1.29 is 9.18 Å². The van der Waals surface area contributed by atoms with Crippen molar-refractivity contribution in [1.82, 2.24) is 24.6 Å². The van der Waals surface area contributed by atoms with E-state index in [4.69, 9.17) is 16.6 Å². The number of fused-ring (bicyclic) bond motifs is 3. The Labute approximate surface area is 247 Å². The molecule has 1 amide bonds. The topological polar surface area (TPSA) is 67.2 Å². The smallest absolute Gasteiger partial charge is 0.222 e. The maximum absolute atomic E-state index is 14.1. The summed E-state index contributed by atoms with van der Waals surface area (Å²) in [5, 5.41) is 11.3. The Balaban J connectivity index is 1.09. The molecule has 210 valence electrons. The van der Waals surface area contributed by atoms with Crippen molar-refractivity contribution in [2.75, 3.05) is 36.8 Å². The van der Waals surface area contributed by atoms with E-state index in [1.54, 1.807) is 12.1 Å². The van der Waals surface area contributed by atoms with Crippen LogP contribution in [0.15, 0.2) is 71.9 Å². The van der Waals surface area contributed by atoms with Crippen LogP contribution in [0.2, 0.25) is 5.02 Å². The van der Waals surface area contributed by atoms with E-state index in [9.17, 15) is 9.18 Å². The summed E-state index contributed by atoms with van der Waals surface area (Å²) in [7, 11) is 0. The van der Waals surface area contributed by atoms with Crippen molar-refractivity contribution in [3.63, 3.8) is 0 Å². The Morgan fingerprint density at radius 2 is 1.83 bits per heavy atom. The maximum Gasteiger partial charge on any atom is 0.222 e. The SMILES string of the molecule is Cc1ccc2c(c1)c1nnc(SCCCC(=O)N3CCN(c4ccccc4F)CC3)nc1n2Cc1cccc(Cl)c1. The van der Waals surface area contributed by atoms with Gasteiger partial charge in [0.05, 0.1) is 11.2 Å². The Hall–Kier alpha value is -3.69. The summed E-state index contributed by atoms with van der Waals surface area (Å²) in [6, 6.07) is 21.0. The highest BCUT2D eigenvalue weighted by Crippen LogP contribution is 2.29. The quantitative estimate of drug-likeness (QED) is 0.155. The Morgan fingerprint density at radius 3 is 2.63 bits per heavy atom. The fraction of sp³-hybridized carbons (Fsp3) is 0.290. The van der Waals surface area contributed by atoms with E-state index in [1.807, 2.05) is 34.1 Å². The van der Waals surface area contributed by atoms with E-state index < -0.39 is 0 Å². The number of hydrogen-bond acceptors (Lipinski definition) is 6. The molecular formula is C31H30ClFN6OS. The molecule has 0 unspecified atom stereocenters. The number of anilines is 1. The second-order valence-corrected chi connectivity index (χ2v) is 11.8. The molecule has 0 spiro atoms. The number of nitrogens with zero attached hydrogens (tertiary/aromatic N) is 6. The molecule has 3 heterocycles. The number of hydrogen-bond donors (Lipinski definition) is 0. The number of rotatable bonds is 8. The first-order valence-electron chi connectivity index (χ1n) is 13.7. The summed E-state index contributed by atoms with van der Waals surface area (Å²) in [6.07, 6.45) is 1.17. The van der Waals surface area contributed by atoms with Crippen LogP contribution in [0.3, 0.4) is 0 Å². The second-order valence-electron chi connectivity index (χ2n) is 10.3. The van der Waals surface area contributed by atoms with E-state index in [0.29, 0.717) is 67.2 Å². The van der Waals surface area contributed by atoms with Crippen LogP contribution in [0.4, 0.5) is 10.1 Å². The van der Waals surface area contributed by atoms with Crippen molar-refractivity contribution in [1.29, 1.82) is 0 Å². The van der Waals surface area contributed by atoms with Gasteiger partial charge < -0.3 is 14.4 Å². The number of carbonyl (C=O) groups excluding carboxylic acids is 1. The first-order chi connectivity index (χ1) is 20.0. The van der Waals surface area contributed by atoms with Gasteiger partial charge in [0, 0.05) is 55.3 Å². The van der Waals surface area contributed by atoms with E-state index in [2.05, 4.69) is 46.0 Å². The lowest BCUT2D eigenvalue weighted by Gasteiger charge is -2.36. The Morgan fingerprint density at radius 1 is 1.00 bits per heavy atom. The third-order valence-corrected chi connectivity index (χ3v) is 8.58. The summed E-state index contributed by atoms with van der Waals surface area (Å²) >= 11 is 7.77. The monoisotopic (exact) mass is 588 g/mol. The van der Waals surface area contributed by atoms with E-state index >= 15 is 0 Å². The Kier molecular flexibility index (Phi) is 8.07. The van der Waals surface area contributed by atoms with Crippen LogP contribution < -0.4 is 4.90 Å². The molecule has 0 atom stereocenters. The maximum atomic E-state index is 14.1. The number of thioether (sulfide) groups is 1. The van der Waals surface area contributed by atoms with Gasteiger partial charge in [-0.05, 0) is 55.3 Å². The molecule has 0 bridgehead atoms. The van der Waals surface area contributed by atoms with Crippen molar-refractivity contribution in [3.8, 4) is 0 Å². The molecule has 41 heavy (non-hydrogen) atoms. The first-order valence-corrected chi connectivity index (χ1v) is 15.1.